The highest BCUT2D eigenvalue weighted by Gasteiger charge is 2.17. The lowest BCUT2D eigenvalue weighted by molar-refractivity contribution is -0.142. The number of ether oxygens (including phenoxy) is 2. The number of hydrogen-bond acceptors (Lipinski definition) is 4. The van der Waals surface area contributed by atoms with Crippen LogP contribution in [-0.4, -0.2) is 23.5 Å². The van der Waals surface area contributed by atoms with Gasteiger partial charge in [0.05, 0.1) is 13.0 Å². The molecule has 2 aromatic rings. The van der Waals surface area contributed by atoms with E-state index in [1.807, 2.05) is 30.3 Å². The van der Waals surface area contributed by atoms with Crippen LogP contribution in [0.3, 0.4) is 0 Å². The summed E-state index contributed by atoms with van der Waals surface area (Å²) in [6.07, 6.45) is 1.79. The third-order valence-electron chi connectivity index (χ3n) is 3.30. The Hall–Kier alpha value is -2.56. The first-order chi connectivity index (χ1) is 10.6. The van der Waals surface area contributed by atoms with Crippen LogP contribution in [-0.2, 0) is 27.3 Å². The molecule has 116 valence electrons. The number of hydrogen-bond donors (Lipinski definition) is 1. The molecule has 0 spiro atoms. The van der Waals surface area contributed by atoms with Gasteiger partial charge in [0.25, 0.3) is 0 Å². The van der Waals surface area contributed by atoms with E-state index in [1.54, 1.807) is 20.0 Å². The average Bonchev–Trinajstić information content (AvgIpc) is 2.87. The third kappa shape index (κ3) is 3.97. The molecule has 0 aliphatic carbocycles. The largest absolute Gasteiger partial charge is 0.466 e. The molecule has 0 atom stereocenters. The molecule has 1 N–H and O–H groups in total. The zero-order valence-electron chi connectivity index (χ0n) is 12.7. The molecule has 1 heterocycles. The van der Waals surface area contributed by atoms with Crippen molar-refractivity contribution in [3.63, 3.8) is 0 Å². The van der Waals surface area contributed by atoms with Crippen LogP contribution in [0.5, 0.6) is 0 Å². The van der Waals surface area contributed by atoms with Gasteiger partial charge in [-0.15, -0.1) is 0 Å². The molecular weight excluding hydrogens is 282 g/mol. The van der Waals surface area contributed by atoms with E-state index in [-0.39, 0.29) is 19.0 Å². The molecule has 0 radical (unpaired) electrons. The van der Waals surface area contributed by atoms with Gasteiger partial charge in [-0.25, -0.2) is 4.79 Å². The second-order valence-electron chi connectivity index (χ2n) is 4.86. The number of carbonyl (C=O) groups is 2. The molecule has 0 aliphatic heterocycles. The van der Waals surface area contributed by atoms with Crippen LogP contribution in [0, 0.1) is 6.92 Å². The van der Waals surface area contributed by atoms with E-state index in [4.69, 9.17) is 9.47 Å². The Bertz CT molecular complexity index is 646. The molecule has 5 heteroatoms. The molecule has 22 heavy (non-hydrogen) atoms. The Morgan fingerprint density at radius 1 is 1.14 bits per heavy atom. The fourth-order valence-corrected chi connectivity index (χ4v) is 2.09. The number of carbonyl (C=O) groups excluding carboxylic acids is 2. The van der Waals surface area contributed by atoms with Crippen molar-refractivity contribution in [2.24, 2.45) is 0 Å². The topological polar surface area (TPSA) is 68.4 Å². The van der Waals surface area contributed by atoms with Crippen molar-refractivity contribution in [2.45, 2.75) is 26.9 Å². The first-order valence-electron chi connectivity index (χ1n) is 7.15. The minimum Gasteiger partial charge on any atom is -0.466 e. The van der Waals surface area contributed by atoms with Crippen LogP contribution >= 0.6 is 0 Å². The van der Waals surface area contributed by atoms with E-state index in [1.165, 1.54) is 0 Å². The zero-order chi connectivity index (χ0) is 15.9. The van der Waals surface area contributed by atoms with Gasteiger partial charge in [0, 0.05) is 6.20 Å². The van der Waals surface area contributed by atoms with E-state index in [2.05, 4.69) is 4.98 Å². The minimum atomic E-state index is -0.434. The van der Waals surface area contributed by atoms with Gasteiger partial charge in [-0.2, -0.15) is 0 Å². The van der Waals surface area contributed by atoms with Crippen molar-refractivity contribution < 1.29 is 19.1 Å². The summed E-state index contributed by atoms with van der Waals surface area (Å²) in [5, 5.41) is 0. The summed E-state index contributed by atoms with van der Waals surface area (Å²) in [5.41, 5.74) is 2.75. The van der Waals surface area contributed by atoms with E-state index < -0.39 is 5.97 Å². The third-order valence-corrected chi connectivity index (χ3v) is 3.30. The van der Waals surface area contributed by atoms with E-state index in [0.29, 0.717) is 17.9 Å². The van der Waals surface area contributed by atoms with Crippen LogP contribution in [0.15, 0.2) is 36.5 Å². The van der Waals surface area contributed by atoms with Gasteiger partial charge < -0.3 is 14.5 Å². The predicted molar refractivity (Wildman–Crippen MR) is 81.4 cm³/mol. The first-order valence-corrected chi connectivity index (χ1v) is 7.15. The zero-order valence-corrected chi connectivity index (χ0v) is 12.7. The fraction of sp³-hybridized carbons (Fsp3) is 0.294. The number of rotatable bonds is 6. The summed E-state index contributed by atoms with van der Waals surface area (Å²) in [4.78, 5) is 26.5. The van der Waals surface area contributed by atoms with Crippen molar-refractivity contribution in [3.8, 4) is 0 Å². The smallest absolute Gasteiger partial charge is 0.355 e. The summed E-state index contributed by atoms with van der Waals surface area (Å²) in [5.74, 6) is -0.745. The van der Waals surface area contributed by atoms with Crippen LogP contribution in [0.25, 0.3) is 0 Å². The lowest BCUT2D eigenvalue weighted by Gasteiger charge is -2.05. The summed E-state index contributed by atoms with van der Waals surface area (Å²) in [7, 11) is 0. The van der Waals surface area contributed by atoms with Gasteiger partial charge in [-0.1, -0.05) is 30.3 Å². The maximum absolute atomic E-state index is 12.1. The Morgan fingerprint density at radius 2 is 1.86 bits per heavy atom. The van der Waals surface area contributed by atoms with E-state index in [9.17, 15) is 9.59 Å². The lowest BCUT2D eigenvalue weighted by Crippen LogP contribution is -2.09. The van der Waals surface area contributed by atoms with Gasteiger partial charge in [0.1, 0.15) is 12.3 Å². The lowest BCUT2D eigenvalue weighted by atomic mass is 10.1. The summed E-state index contributed by atoms with van der Waals surface area (Å²) >= 11 is 0. The maximum atomic E-state index is 12.1. The molecule has 0 bridgehead atoms. The number of benzene rings is 1. The Morgan fingerprint density at radius 3 is 2.55 bits per heavy atom. The summed E-state index contributed by atoms with van der Waals surface area (Å²) in [6, 6.07) is 9.46. The van der Waals surface area contributed by atoms with Crippen molar-refractivity contribution >= 4 is 11.9 Å². The quantitative estimate of drug-likeness (QED) is 0.833. The normalized spacial score (nSPS) is 10.3. The Kier molecular flexibility index (Phi) is 5.36. The van der Waals surface area contributed by atoms with Crippen LogP contribution in [0.4, 0.5) is 0 Å². The van der Waals surface area contributed by atoms with Crippen LogP contribution in [0.1, 0.15) is 34.1 Å². The van der Waals surface area contributed by atoms with E-state index in [0.717, 1.165) is 11.1 Å². The molecule has 0 saturated heterocycles. The predicted octanol–water partition coefficient (Wildman–Crippen LogP) is 2.79. The Balaban J connectivity index is 1.98. The van der Waals surface area contributed by atoms with Crippen molar-refractivity contribution in [2.75, 3.05) is 6.61 Å². The highest BCUT2D eigenvalue weighted by Crippen LogP contribution is 2.16. The van der Waals surface area contributed by atoms with Crippen molar-refractivity contribution in [1.82, 2.24) is 4.98 Å². The minimum absolute atomic E-state index is 0.141. The standard InChI is InChI=1S/C17H19NO4/c1-3-21-15(19)9-14-10-18-16(12(14)2)17(20)22-11-13-7-5-4-6-8-13/h4-8,10,18H,3,9,11H2,1-2H3. The molecule has 0 aliphatic rings. The fourth-order valence-electron chi connectivity index (χ4n) is 2.09. The van der Waals surface area contributed by atoms with Gasteiger partial charge in [0.2, 0.25) is 0 Å². The first kappa shape index (κ1) is 15.8. The van der Waals surface area contributed by atoms with Crippen LogP contribution in [0.2, 0.25) is 0 Å². The molecular formula is C17H19NO4. The second-order valence-corrected chi connectivity index (χ2v) is 4.86. The number of nitrogens with one attached hydrogen (secondary N) is 1. The molecule has 2 rings (SSSR count). The SMILES string of the molecule is CCOC(=O)Cc1c[nH]c(C(=O)OCc2ccccc2)c1C. The maximum Gasteiger partial charge on any atom is 0.355 e. The molecule has 1 aromatic heterocycles. The highest BCUT2D eigenvalue weighted by molar-refractivity contribution is 5.90. The van der Waals surface area contributed by atoms with Crippen molar-refractivity contribution in [3.05, 3.63) is 58.9 Å². The van der Waals surface area contributed by atoms with Gasteiger partial charge in [-0.05, 0) is 30.5 Å². The van der Waals surface area contributed by atoms with Gasteiger partial charge in [0.15, 0.2) is 0 Å². The highest BCUT2D eigenvalue weighted by atomic mass is 16.5. The molecule has 0 saturated carbocycles. The molecule has 1 aromatic carbocycles. The molecule has 0 amide bonds. The monoisotopic (exact) mass is 301 g/mol. The van der Waals surface area contributed by atoms with Gasteiger partial charge >= 0.3 is 11.9 Å². The number of aromatic amines is 1. The summed E-state index contributed by atoms with van der Waals surface area (Å²) in [6.45, 7) is 4.10. The van der Waals surface area contributed by atoms with Gasteiger partial charge in [-0.3, -0.25) is 4.79 Å². The van der Waals surface area contributed by atoms with Crippen LogP contribution < -0.4 is 0 Å². The molecule has 0 unspecified atom stereocenters. The van der Waals surface area contributed by atoms with Crippen molar-refractivity contribution in [1.29, 1.82) is 0 Å². The van der Waals surface area contributed by atoms with E-state index >= 15 is 0 Å². The number of aromatic nitrogens is 1. The average molecular weight is 301 g/mol. The summed E-state index contributed by atoms with van der Waals surface area (Å²) < 4.78 is 10.2. The molecule has 0 fully saturated rings. The Labute approximate surface area is 129 Å². The number of esters is 2. The molecule has 5 nitrogen and oxygen atoms in total. The second kappa shape index (κ2) is 7.45. The number of H-pyrrole nitrogens is 1.